The average molecular weight is 246 g/mol. The zero-order valence-corrected chi connectivity index (χ0v) is 11.0. The van der Waals surface area contributed by atoms with Crippen LogP contribution < -0.4 is 0 Å². The van der Waals surface area contributed by atoms with E-state index < -0.39 is 6.10 Å². The minimum Gasteiger partial charge on any atom is -0.386 e. The van der Waals surface area contributed by atoms with Gasteiger partial charge >= 0.3 is 0 Å². The molecule has 0 aliphatic carbocycles. The van der Waals surface area contributed by atoms with Gasteiger partial charge in [-0.2, -0.15) is 5.10 Å². The van der Waals surface area contributed by atoms with Crippen molar-refractivity contribution in [3.05, 3.63) is 41.2 Å². The molecular formula is C13H18N4O. The summed E-state index contributed by atoms with van der Waals surface area (Å²) in [5.41, 5.74) is 2.65. The quantitative estimate of drug-likeness (QED) is 0.889. The molecule has 2 heterocycles. The minimum atomic E-state index is -0.618. The summed E-state index contributed by atoms with van der Waals surface area (Å²) in [5, 5.41) is 14.6. The number of aliphatic hydroxyl groups is 1. The lowest BCUT2D eigenvalue weighted by Crippen LogP contribution is -2.10. The Kier molecular flexibility index (Phi) is 3.72. The molecule has 96 valence electrons. The molecule has 2 rings (SSSR count). The van der Waals surface area contributed by atoms with Crippen LogP contribution in [0.2, 0.25) is 0 Å². The Balaban J connectivity index is 2.18. The molecule has 2 aromatic heterocycles. The molecule has 0 aromatic carbocycles. The van der Waals surface area contributed by atoms with Gasteiger partial charge in [-0.15, -0.1) is 0 Å². The van der Waals surface area contributed by atoms with Crippen LogP contribution in [-0.2, 0) is 13.0 Å². The van der Waals surface area contributed by atoms with Gasteiger partial charge in [-0.1, -0.05) is 0 Å². The van der Waals surface area contributed by atoms with E-state index in [4.69, 9.17) is 0 Å². The summed E-state index contributed by atoms with van der Waals surface area (Å²) in [6.07, 6.45) is 1.57. The normalized spacial score (nSPS) is 12.7. The number of nitrogens with zero attached hydrogens (tertiary/aromatic N) is 4. The molecule has 2 aromatic rings. The second-order valence-electron chi connectivity index (χ2n) is 4.34. The van der Waals surface area contributed by atoms with Crippen molar-refractivity contribution in [2.45, 2.75) is 39.8 Å². The molecule has 0 saturated carbocycles. The Morgan fingerprint density at radius 1 is 1.39 bits per heavy atom. The lowest BCUT2D eigenvalue weighted by Gasteiger charge is -2.11. The van der Waals surface area contributed by atoms with Crippen LogP contribution in [0.4, 0.5) is 0 Å². The summed E-state index contributed by atoms with van der Waals surface area (Å²) in [6, 6.07) is 3.75. The minimum absolute atomic E-state index is 0.519. The number of aromatic nitrogens is 4. The topological polar surface area (TPSA) is 63.8 Å². The first-order valence-electron chi connectivity index (χ1n) is 6.11. The fourth-order valence-electron chi connectivity index (χ4n) is 2.00. The van der Waals surface area contributed by atoms with Crippen LogP contribution in [-0.4, -0.2) is 24.9 Å². The standard InChI is InChI=1S/C13H18N4O/c1-4-17-11(7-9(2)16-17)8-13(18)12-5-6-14-10(3)15-12/h5-7,13,18H,4,8H2,1-3H3. The smallest absolute Gasteiger partial charge is 0.125 e. The number of hydrogen-bond donors (Lipinski definition) is 1. The first kappa shape index (κ1) is 12.7. The van der Waals surface area contributed by atoms with Crippen molar-refractivity contribution in [3.63, 3.8) is 0 Å². The second kappa shape index (κ2) is 5.27. The monoisotopic (exact) mass is 246 g/mol. The van der Waals surface area contributed by atoms with Gasteiger partial charge in [0.25, 0.3) is 0 Å². The summed E-state index contributed by atoms with van der Waals surface area (Å²) in [4.78, 5) is 8.27. The van der Waals surface area contributed by atoms with E-state index in [-0.39, 0.29) is 0 Å². The SMILES string of the molecule is CCn1nc(C)cc1CC(O)c1ccnc(C)n1. The van der Waals surface area contributed by atoms with Crippen LogP contribution in [0, 0.1) is 13.8 Å². The van der Waals surface area contributed by atoms with E-state index in [1.807, 2.05) is 31.5 Å². The third kappa shape index (κ3) is 2.73. The predicted octanol–water partition coefficient (Wildman–Crippen LogP) is 1.59. The van der Waals surface area contributed by atoms with Crippen LogP contribution in [0.25, 0.3) is 0 Å². The average Bonchev–Trinajstić information content (AvgIpc) is 2.69. The highest BCUT2D eigenvalue weighted by atomic mass is 16.3. The van der Waals surface area contributed by atoms with Gasteiger partial charge in [0.1, 0.15) is 11.9 Å². The van der Waals surface area contributed by atoms with Gasteiger partial charge in [-0.25, -0.2) is 9.97 Å². The Morgan fingerprint density at radius 2 is 2.17 bits per heavy atom. The van der Waals surface area contributed by atoms with E-state index in [1.54, 1.807) is 12.3 Å². The van der Waals surface area contributed by atoms with Crippen LogP contribution in [0.5, 0.6) is 0 Å². The van der Waals surface area contributed by atoms with Gasteiger partial charge in [-0.3, -0.25) is 4.68 Å². The summed E-state index contributed by atoms with van der Waals surface area (Å²) in [5.74, 6) is 0.673. The molecule has 0 fully saturated rings. The first-order chi connectivity index (χ1) is 8.60. The van der Waals surface area contributed by atoms with Crippen molar-refractivity contribution in [3.8, 4) is 0 Å². The van der Waals surface area contributed by atoms with Crippen molar-refractivity contribution >= 4 is 0 Å². The molecule has 0 spiro atoms. The van der Waals surface area contributed by atoms with Crippen molar-refractivity contribution < 1.29 is 5.11 Å². The third-order valence-electron chi connectivity index (χ3n) is 2.83. The summed E-state index contributed by atoms with van der Waals surface area (Å²) in [7, 11) is 0. The van der Waals surface area contributed by atoms with Crippen molar-refractivity contribution in [1.29, 1.82) is 0 Å². The summed E-state index contributed by atoms with van der Waals surface area (Å²) in [6.45, 7) is 6.61. The highest BCUT2D eigenvalue weighted by Crippen LogP contribution is 2.17. The van der Waals surface area contributed by atoms with E-state index >= 15 is 0 Å². The predicted molar refractivity (Wildman–Crippen MR) is 68.1 cm³/mol. The highest BCUT2D eigenvalue weighted by molar-refractivity contribution is 5.14. The van der Waals surface area contributed by atoms with Gasteiger partial charge in [0.2, 0.25) is 0 Å². The maximum atomic E-state index is 10.2. The lowest BCUT2D eigenvalue weighted by molar-refractivity contribution is 0.170. The van der Waals surface area contributed by atoms with Gasteiger partial charge in [-0.05, 0) is 32.9 Å². The van der Waals surface area contributed by atoms with Crippen LogP contribution in [0.15, 0.2) is 18.3 Å². The Morgan fingerprint density at radius 3 is 2.83 bits per heavy atom. The molecule has 1 unspecified atom stereocenters. The van der Waals surface area contributed by atoms with E-state index in [0.29, 0.717) is 17.9 Å². The van der Waals surface area contributed by atoms with Gasteiger partial charge in [0, 0.05) is 24.9 Å². The number of aliphatic hydroxyl groups excluding tert-OH is 1. The Labute approximate surface area is 107 Å². The Bertz CT molecular complexity index is 536. The maximum absolute atomic E-state index is 10.2. The van der Waals surface area contributed by atoms with E-state index in [1.165, 1.54) is 0 Å². The van der Waals surface area contributed by atoms with Gasteiger partial charge < -0.3 is 5.11 Å². The van der Waals surface area contributed by atoms with E-state index in [0.717, 1.165) is 17.9 Å². The molecule has 0 aliphatic heterocycles. The zero-order chi connectivity index (χ0) is 13.1. The molecule has 0 aliphatic rings. The van der Waals surface area contributed by atoms with Crippen molar-refractivity contribution in [1.82, 2.24) is 19.7 Å². The van der Waals surface area contributed by atoms with Crippen LogP contribution in [0.1, 0.15) is 35.9 Å². The van der Waals surface area contributed by atoms with Crippen molar-refractivity contribution in [2.24, 2.45) is 0 Å². The summed E-state index contributed by atoms with van der Waals surface area (Å²) >= 11 is 0. The second-order valence-corrected chi connectivity index (χ2v) is 4.34. The fraction of sp³-hybridized carbons (Fsp3) is 0.462. The van der Waals surface area contributed by atoms with E-state index in [2.05, 4.69) is 15.1 Å². The lowest BCUT2D eigenvalue weighted by atomic mass is 10.1. The molecule has 18 heavy (non-hydrogen) atoms. The Hall–Kier alpha value is -1.75. The molecule has 0 bridgehead atoms. The molecule has 5 heteroatoms. The fourth-order valence-corrected chi connectivity index (χ4v) is 2.00. The number of hydrogen-bond acceptors (Lipinski definition) is 4. The van der Waals surface area contributed by atoms with Crippen LogP contribution >= 0.6 is 0 Å². The largest absolute Gasteiger partial charge is 0.386 e. The highest BCUT2D eigenvalue weighted by Gasteiger charge is 2.14. The number of aryl methyl sites for hydroxylation is 3. The molecule has 5 nitrogen and oxygen atoms in total. The van der Waals surface area contributed by atoms with E-state index in [9.17, 15) is 5.11 Å². The van der Waals surface area contributed by atoms with Crippen LogP contribution in [0.3, 0.4) is 0 Å². The molecule has 1 N–H and O–H groups in total. The third-order valence-corrected chi connectivity index (χ3v) is 2.83. The first-order valence-corrected chi connectivity index (χ1v) is 6.11. The maximum Gasteiger partial charge on any atom is 0.125 e. The molecule has 0 amide bonds. The zero-order valence-electron chi connectivity index (χ0n) is 11.0. The number of rotatable bonds is 4. The summed E-state index contributed by atoms with van der Waals surface area (Å²) < 4.78 is 1.91. The van der Waals surface area contributed by atoms with Gasteiger partial charge in [0.15, 0.2) is 0 Å². The van der Waals surface area contributed by atoms with Gasteiger partial charge in [0.05, 0.1) is 11.4 Å². The molecule has 0 radical (unpaired) electrons. The molecular weight excluding hydrogens is 228 g/mol. The van der Waals surface area contributed by atoms with Crippen molar-refractivity contribution in [2.75, 3.05) is 0 Å². The molecule has 1 atom stereocenters. The molecule has 0 saturated heterocycles.